The number of benzene rings is 1. The van der Waals surface area contributed by atoms with Crippen LogP contribution in [-0.2, 0) is 9.53 Å². The van der Waals surface area contributed by atoms with Crippen molar-refractivity contribution in [1.29, 1.82) is 0 Å². The molecule has 102 valence electrons. The van der Waals surface area contributed by atoms with Crippen molar-refractivity contribution in [3.63, 3.8) is 0 Å². The van der Waals surface area contributed by atoms with Gasteiger partial charge in [-0.25, -0.2) is 0 Å². The summed E-state index contributed by atoms with van der Waals surface area (Å²) in [5.41, 5.74) is 1.56. The van der Waals surface area contributed by atoms with Gasteiger partial charge in [-0.1, -0.05) is 19.9 Å². The Bertz CT molecular complexity index is 505. The predicted octanol–water partition coefficient (Wildman–Crippen LogP) is 2.71. The van der Waals surface area contributed by atoms with Crippen LogP contribution in [-0.4, -0.2) is 25.0 Å². The minimum atomic E-state index is -0.663. The summed E-state index contributed by atoms with van der Waals surface area (Å²) in [5, 5.41) is 0. The lowest BCUT2D eigenvalue weighted by atomic mass is 9.96. The highest BCUT2D eigenvalue weighted by atomic mass is 16.6. The van der Waals surface area contributed by atoms with Crippen LogP contribution >= 0.6 is 0 Å². The Morgan fingerprint density at radius 2 is 2.16 bits per heavy atom. The second kappa shape index (κ2) is 5.43. The van der Waals surface area contributed by atoms with Crippen LogP contribution in [0.5, 0.6) is 5.75 Å². The molecule has 0 spiro atoms. The first-order valence-corrected chi connectivity index (χ1v) is 6.44. The van der Waals surface area contributed by atoms with Crippen molar-refractivity contribution in [2.24, 2.45) is 0 Å². The van der Waals surface area contributed by atoms with E-state index in [-0.39, 0.29) is 11.8 Å². The first-order valence-electron chi connectivity index (χ1n) is 6.44. The minimum absolute atomic E-state index is 0.176. The highest BCUT2D eigenvalue weighted by Crippen LogP contribution is 2.28. The Morgan fingerprint density at radius 1 is 1.42 bits per heavy atom. The van der Waals surface area contributed by atoms with Gasteiger partial charge in [-0.05, 0) is 23.6 Å². The molecule has 1 atom stereocenters. The monoisotopic (exact) mass is 262 g/mol. The smallest absolute Gasteiger partial charge is 0.306 e. The quantitative estimate of drug-likeness (QED) is 0.618. The molecule has 2 rings (SSSR count). The van der Waals surface area contributed by atoms with Gasteiger partial charge >= 0.3 is 5.97 Å². The summed E-state index contributed by atoms with van der Waals surface area (Å²) < 4.78 is 10.3. The van der Waals surface area contributed by atoms with E-state index in [0.717, 1.165) is 5.56 Å². The number of methoxy groups -OCH3 is 1. The van der Waals surface area contributed by atoms with E-state index < -0.39 is 6.10 Å². The molecule has 1 saturated heterocycles. The highest BCUT2D eigenvalue weighted by molar-refractivity contribution is 6.03. The van der Waals surface area contributed by atoms with Gasteiger partial charge in [-0.3, -0.25) is 9.59 Å². The molecule has 0 N–H and O–H groups in total. The summed E-state index contributed by atoms with van der Waals surface area (Å²) in [5.74, 6) is 0.364. The number of hydrogen-bond donors (Lipinski definition) is 0. The molecule has 1 aliphatic rings. The number of Topliss-reactive ketones (excluding diaryl/α,β-unsaturated/α-hetero) is 1. The van der Waals surface area contributed by atoms with E-state index in [1.54, 1.807) is 6.07 Å². The molecule has 4 heteroatoms. The highest BCUT2D eigenvalue weighted by Gasteiger charge is 2.32. The van der Waals surface area contributed by atoms with E-state index in [9.17, 15) is 9.59 Å². The molecule has 1 fully saturated rings. The molecule has 1 aromatic rings. The average Bonchev–Trinajstić information content (AvgIpc) is 2.83. The third kappa shape index (κ3) is 2.78. The van der Waals surface area contributed by atoms with Crippen LogP contribution in [0.4, 0.5) is 0 Å². The van der Waals surface area contributed by atoms with Crippen LogP contribution < -0.4 is 4.74 Å². The van der Waals surface area contributed by atoms with Crippen LogP contribution in [0.25, 0.3) is 0 Å². The van der Waals surface area contributed by atoms with Crippen molar-refractivity contribution in [3.8, 4) is 5.75 Å². The van der Waals surface area contributed by atoms with E-state index in [1.807, 2.05) is 12.1 Å². The lowest BCUT2D eigenvalue weighted by Gasteiger charge is -2.14. The number of carbonyl (C=O) groups excluding carboxylic acids is 2. The van der Waals surface area contributed by atoms with Gasteiger partial charge in [0.1, 0.15) is 5.75 Å². The average molecular weight is 262 g/mol. The van der Waals surface area contributed by atoms with Crippen LogP contribution in [0.3, 0.4) is 0 Å². The molecule has 0 aliphatic carbocycles. The Morgan fingerprint density at radius 3 is 2.68 bits per heavy atom. The summed E-state index contributed by atoms with van der Waals surface area (Å²) in [4.78, 5) is 23.5. The van der Waals surface area contributed by atoms with Gasteiger partial charge in [0.25, 0.3) is 0 Å². The molecule has 19 heavy (non-hydrogen) atoms. The standard InChI is InChI=1S/C15H18O4/c1-9(2)10-4-5-12(18-3)11(8-10)15(17)13-6-7-14(16)19-13/h4-5,8-9,13H,6-7H2,1-3H3. The molecule has 1 heterocycles. The molecular weight excluding hydrogens is 244 g/mol. The largest absolute Gasteiger partial charge is 0.496 e. The van der Waals surface area contributed by atoms with Crippen molar-refractivity contribution >= 4 is 11.8 Å². The minimum Gasteiger partial charge on any atom is -0.496 e. The first kappa shape index (κ1) is 13.6. The van der Waals surface area contributed by atoms with E-state index in [2.05, 4.69) is 13.8 Å². The number of rotatable bonds is 4. The predicted molar refractivity (Wildman–Crippen MR) is 70.5 cm³/mol. The topological polar surface area (TPSA) is 52.6 Å². The number of cyclic esters (lactones) is 1. The van der Waals surface area contributed by atoms with Crippen molar-refractivity contribution in [2.45, 2.75) is 38.7 Å². The molecule has 0 amide bonds. The van der Waals surface area contributed by atoms with Gasteiger partial charge in [0.15, 0.2) is 6.10 Å². The Balaban J connectivity index is 2.33. The molecule has 1 unspecified atom stereocenters. The second-order valence-electron chi connectivity index (χ2n) is 5.00. The maximum Gasteiger partial charge on any atom is 0.306 e. The summed E-state index contributed by atoms with van der Waals surface area (Å²) in [6, 6.07) is 5.57. The van der Waals surface area contributed by atoms with Crippen LogP contribution in [0.15, 0.2) is 18.2 Å². The maximum atomic E-state index is 12.4. The van der Waals surface area contributed by atoms with Crippen molar-refractivity contribution in [2.75, 3.05) is 7.11 Å². The molecular formula is C15H18O4. The van der Waals surface area contributed by atoms with E-state index in [1.165, 1.54) is 7.11 Å². The zero-order chi connectivity index (χ0) is 14.0. The fraction of sp³-hybridized carbons (Fsp3) is 0.467. The fourth-order valence-corrected chi connectivity index (χ4v) is 2.16. The van der Waals surface area contributed by atoms with Crippen LogP contribution in [0, 0.1) is 0 Å². The zero-order valence-corrected chi connectivity index (χ0v) is 11.4. The number of carbonyl (C=O) groups is 2. The number of hydrogen-bond acceptors (Lipinski definition) is 4. The second-order valence-corrected chi connectivity index (χ2v) is 5.00. The SMILES string of the molecule is COc1ccc(C(C)C)cc1C(=O)C1CCC(=O)O1. The van der Waals surface area contributed by atoms with Crippen LogP contribution in [0.1, 0.15) is 48.5 Å². The summed E-state index contributed by atoms with van der Waals surface area (Å²) in [6.07, 6.45) is 0.0961. The third-order valence-corrected chi connectivity index (χ3v) is 3.33. The van der Waals surface area contributed by atoms with Gasteiger partial charge < -0.3 is 9.47 Å². The fourth-order valence-electron chi connectivity index (χ4n) is 2.16. The Kier molecular flexibility index (Phi) is 3.88. The number of ether oxygens (including phenoxy) is 2. The number of esters is 1. The summed E-state index contributed by atoms with van der Waals surface area (Å²) in [6.45, 7) is 4.12. The molecule has 0 radical (unpaired) electrons. The number of ketones is 1. The summed E-state index contributed by atoms with van der Waals surface area (Å²) in [7, 11) is 1.53. The molecule has 4 nitrogen and oxygen atoms in total. The maximum absolute atomic E-state index is 12.4. The van der Waals surface area contributed by atoms with Gasteiger partial charge in [0.2, 0.25) is 5.78 Å². The zero-order valence-electron chi connectivity index (χ0n) is 11.4. The van der Waals surface area contributed by atoms with E-state index >= 15 is 0 Å². The lowest BCUT2D eigenvalue weighted by molar-refractivity contribution is -0.140. The van der Waals surface area contributed by atoms with Crippen molar-refractivity contribution in [3.05, 3.63) is 29.3 Å². The normalized spacial score (nSPS) is 18.5. The first-order chi connectivity index (χ1) is 9.02. The van der Waals surface area contributed by atoms with Crippen molar-refractivity contribution < 1.29 is 19.1 Å². The van der Waals surface area contributed by atoms with Gasteiger partial charge in [0, 0.05) is 12.8 Å². The van der Waals surface area contributed by atoms with Crippen molar-refractivity contribution in [1.82, 2.24) is 0 Å². The Hall–Kier alpha value is -1.84. The van der Waals surface area contributed by atoms with E-state index in [4.69, 9.17) is 9.47 Å². The lowest BCUT2D eigenvalue weighted by Crippen LogP contribution is -2.21. The van der Waals surface area contributed by atoms with Gasteiger partial charge in [0.05, 0.1) is 12.7 Å². The van der Waals surface area contributed by atoms with Gasteiger partial charge in [-0.15, -0.1) is 0 Å². The van der Waals surface area contributed by atoms with E-state index in [0.29, 0.717) is 30.1 Å². The molecule has 0 aromatic heterocycles. The molecule has 1 aromatic carbocycles. The van der Waals surface area contributed by atoms with Gasteiger partial charge in [-0.2, -0.15) is 0 Å². The molecule has 0 bridgehead atoms. The summed E-state index contributed by atoms with van der Waals surface area (Å²) >= 11 is 0. The van der Waals surface area contributed by atoms with Crippen LogP contribution in [0.2, 0.25) is 0 Å². The third-order valence-electron chi connectivity index (χ3n) is 3.33. The molecule has 1 aliphatic heterocycles. The molecule has 0 saturated carbocycles. The Labute approximate surface area is 112 Å².